The van der Waals surface area contributed by atoms with Crippen molar-refractivity contribution in [3.05, 3.63) is 63.8 Å². The summed E-state index contributed by atoms with van der Waals surface area (Å²) in [6, 6.07) is 10.1. The lowest BCUT2D eigenvalue weighted by atomic mass is 10.2. The molecule has 7 heteroatoms. The van der Waals surface area contributed by atoms with E-state index in [4.69, 9.17) is 5.73 Å². The van der Waals surface area contributed by atoms with Crippen molar-refractivity contribution >= 4 is 30.7 Å². The fourth-order valence-corrected chi connectivity index (χ4v) is 2.34. The topological polar surface area (TPSA) is 102 Å². The van der Waals surface area contributed by atoms with Gasteiger partial charge in [0.15, 0.2) is 0 Å². The van der Waals surface area contributed by atoms with Gasteiger partial charge in [-0.2, -0.15) is 0 Å². The lowest BCUT2D eigenvalue weighted by Crippen LogP contribution is -2.07. The Balaban J connectivity index is 0.000000160. The number of amides is 1. The monoisotopic (exact) mass is 289 g/mol. The van der Waals surface area contributed by atoms with Crippen LogP contribution >= 0.6 is 8.19 Å². The molecule has 1 amide bonds. The Hall–Kier alpha value is -2.59. The number of carbonyl (C=O) groups excluding carboxylic acids is 1. The summed E-state index contributed by atoms with van der Waals surface area (Å²) in [4.78, 5) is 23.3. The predicted molar refractivity (Wildman–Crippen MR) is 79.4 cm³/mol. The lowest BCUT2D eigenvalue weighted by molar-refractivity contribution is -0.384. The van der Waals surface area contributed by atoms with Crippen LogP contribution in [0.4, 0.5) is 5.69 Å². The first kappa shape index (κ1) is 13.8. The molecule has 1 aromatic carbocycles. The summed E-state index contributed by atoms with van der Waals surface area (Å²) < 4.78 is 0. The summed E-state index contributed by atoms with van der Waals surface area (Å²) in [5, 5.41) is 12.0. The molecule has 0 spiro atoms. The molecule has 2 heterocycles. The average molecular weight is 289 g/mol. The fourth-order valence-electron chi connectivity index (χ4n) is 1.64. The summed E-state index contributed by atoms with van der Waals surface area (Å²) in [6.07, 6.45) is 1.76. The van der Waals surface area contributed by atoms with Crippen LogP contribution in [0.15, 0.2) is 48.4 Å². The quantitative estimate of drug-likeness (QED) is 0.560. The van der Waals surface area contributed by atoms with E-state index in [0.717, 1.165) is 16.2 Å². The number of hydrogen-bond donors (Lipinski definition) is 2. The van der Waals surface area contributed by atoms with Gasteiger partial charge in [-0.15, -0.1) is 8.19 Å². The van der Waals surface area contributed by atoms with Gasteiger partial charge in [-0.1, -0.05) is 6.07 Å². The van der Waals surface area contributed by atoms with Gasteiger partial charge in [-0.05, 0) is 24.0 Å². The van der Waals surface area contributed by atoms with E-state index >= 15 is 0 Å². The molecule has 102 valence electrons. The zero-order valence-electron chi connectivity index (χ0n) is 10.4. The largest absolute Gasteiger partial charge is 0.365 e. The van der Waals surface area contributed by atoms with Crippen molar-refractivity contribution in [1.82, 2.24) is 4.98 Å². The maximum Gasteiger partial charge on any atom is 0.270 e. The molecule has 3 N–H and O–H groups in total. The molecule has 2 aromatic heterocycles. The Morgan fingerprint density at radius 3 is 2.65 bits per heavy atom. The molecule has 0 saturated heterocycles. The molecule has 1 atom stereocenters. The van der Waals surface area contributed by atoms with E-state index in [2.05, 4.69) is 4.98 Å². The number of nitrogens with zero attached hydrogens (tertiary/aromatic N) is 1. The summed E-state index contributed by atoms with van der Waals surface area (Å²) in [5.41, 5.74) is 6.00. The van der Waals surface area contributed by atoms with Crippen molar-refractivity contribution in [2.24, 2.45) is 5.73 Å². The van der Waals surface area contributed by atoms with Crippen molar-refractivity contribution in [1.29, 1.82) is 0 Å². The number of non-ortho nitro benzene ring substituents is 1. The highest BCUT2D eigenvalue weighted by molar-refractivity contribution is 7.31. The highest BCUT2D eigenvalue weighted by Gasteiger charge is 2.05. The van der Waals surface area contributed by atoms with Gasteiger partial charge in [-0.25, -0.2) is 0 Å². The maximum atomic E-state index is 10.4. The summed E-state index contributed by atoms with van der Waals surface area (Å²) >= 11 is 0. The molecule has 0 aliphatic heterocycles. The second-order valence-corrected chi connectivity index (χ2v) is 5.12. The van der Waals surface area contributed by atoms with E-state index in [1.165, 1.54) is 6.07 Å². The molecule has 6 nitrogen and oxygen atoms in total. The minimum absolute atomic E-state index is 0.127. The van der Waals surface area contributed by atoms with Crippen LogP contribution in [0, 0.1) is 10.1 Å². The van der Waals surface area contributed by atoms with Gasteiger partial charge in [0.05, 0.1) is 10.2 Å². The highest BCUT2D eigenvalue weighted by Crippen LogP contribution is 2.18. The molecular formula is C13H12N3O3P. The van der Waals surface area contributed by atoms with Crippen molar-refractivity contribution in [2.75, 3.05) is 0 Å². The predicted octanol–water partition coefficient (Wildman–Crippen LogP) is 2.89. The Bertz CT molecular complexity index is 734. The molecule has 0 fully saturated rings. The molecule has 1 unspecified atom stereocenters. The smallest absolute Gasteiger partial charge is 0.270 e. The van der Waals surface area contributed by atoms with E-state index in [1.807, 2.05) is 17.9 Å². The van der Waals surface area contributed by atoms with Crippen LogP contribution in [-0.2, 0) is 0 Å². The third-order valence-electron chi connectivity index (χ3n) is 2.61. The minimum Gasteiger partial charge on any atom is -0.365 e. The zero-order valence-corrected chi connectivity index (χ0v) is 11.4. The Kier molecular flexibility index (Phi) is 4.17. The van der Waals surface area contributed by atoms with Crippen LogP contribution in [0.3, 0.4) is 0 Å². The van der Waals surface area contributed by atoms with E-state index in [-0.39, 0.29) is 11.6 Å². The maximum absolute atomic E-state index is 10.4. The molecule has 3 rings (SSSR count). The van der Waals surface area contributed by atoms with Crippen molar-refractivity contribution in [2.45, 2.75) is 0 Å². The number of hydrogen-bond acceptors (Lipinski definition) is 3. The number of H-pyrrole nitrogens is 1. The number of nitro groups is 1. The highest BCUT2D eigenvalue weighted by atomic mass is 31.0. The third-order valence-corrected chi connectivity index (χ3v) is 3.69. The van der Waals surface area contributed by atoms with Crippen LogP contribution in [0.1, 0.15) is 10.1 Å². The fraction of sp³-hybridized carbons (Fsp3) is 0. The van der Waals surface area contributed by atoms with Crippen LogP contribution in [0.25, 0.3) is 10.9 Å². The summed E-state index contributed by atoms with van der Waals surface area (Å²) in [5.74, 6) is 1.63. The van der Waals surface area contributed by atoms with Crippen LogP contribution in [0.5, 0.6) is 0 Å². The van der Waals surface area contributed by atoms with E-state index < -0.39 is 4.92 Å². The first-order valence-corrected chi connectivity index (χ1v) is 6.80. The van der Waals surface area contributed by atoms with Crippen LogP contribution < -0.4 is 5.73 Å². The van der Waals surface area contributed by atoms with Gasteiger partial charge < -0.3 is 10.7 Å². The lowest BCUT2D eigenvalue weighted by Gasteiger charge is -1.90. The second-order valence-electron chi connectivity index (χ2n) is 3.95. The summed E-state index contributed by atoms with van der Waals surface area (Å²) in [6.45, 7) is 0. The van der Waals surface area contributed by atoms with Gasteiger partial charge in [0, 0.05) is 29.2 Å². The van der Waals surface area contributed by atoms with Crippen molar-refractivity contribution < 1.29 is 9.72 Å². The van der Waals surface area contributed by atoms with E-state index in [1.54, 1.807) is 24.4 Å². The number of aromatic amines is 1. The summed E-state index contributed by atoms with van der Waals surface area (Å²) in [7, 11) is 0.486. The number of aromatic nitrogens is 1. The van der Waals surface area contributed by atoms with Crippen LogP contribution in [0.2, 0.25) is 0 Å². The Morgan fingerprint density at radius 1 is 1.30 bits per heavy atom. The third kappa shape index (κ3) is 3.24. The van der Waals surface area contributed by atoms with Crippen LogP contribution in [-0.4, -0.2) is 15.8 Å². The molecule has 0 radical (unpaired) electrons. The first-order valence-electron chi connectivity index (χ1n) is 5.72. The number of benzene rings is 1. The minimum atomic E-state index is -0.396. The number of rotatable bonds is 2. The Labute approximate surface area is 115 Å². The van der Waals surface area contributed by atoms with Gasteiger partial charge in [-0.3, -0.25) is 14.9 Å². The molecular weight excluding hydrogens is 277 g/mol. The molecule has 3 aromatic rings. The number of nitrogens with one attached hydrogen (secondary N) is 1. The number of nitrogens with two attached hydrogens (primary N) is 1. The molecule has 0 saturated carbocycles. The number of primary amides is 1. The first-order chi connectivity index (χ1) is 9.58. The van der Waals surface area contributed by atoms with Crippen molar-refractivity contribution in [3.63, 3.8) is 0 Å². The Morgan fingerprint density at radius 2 is 2.10 bits per heavy atom. The number of fused-ring (bicyclic) bond motifs is 1. The molecule has 20 heavy (non-hydrogen) atoms. The zero-order chi connectivity index (χ0) is 14.5. The van der Waals surface area contributed by atoms with E-state index in [9.17, 15) is 14.9 Å². The van der Waals surface area contributed by atoms with Gasteiger partial charge >= 0.3 is 0 Å². The molecule has 0 aliphatic rings. The van der Waals surface area contributed by atoms with Gasteiger partial charge in [0.1, 0.15) is 0 Å². The van der Waals surface area contributed by atoms with Gasteiger partial charge in [0.25, 0.3) is 11.6 Å². The normalized spacial score (nSPS) is 10.2. The second kappa shape index (κ2) is 6.04. The molecule has 0 bridgehead atoms. The number of nitro benzene ring substituents is 1. The van der Waals surface area contributed by atoms with Gasteiger partial charge in [0.2, 0.25) is 0 Å². The average Bonchev–Trinajstić information content (AvgIpc) is 3.10. The SMILES string of the molecule is NC(=O)c1ccc[pH]1.O=[N+]([O-])c1ccc2[nH]ccc2c1. The standard InChI is InChI=1S/C8H6N2O2.C5H6NOP/c11-10(12)7-1-2-8-6(5-7)3-4-9-8;6-5(7)4-2-1-3-8-4/h1-5,9H;1-3,8H,(H2,6,7). The molecule has 0 aliphatic carbocycles. The van der Waals surface area contributed by atoms with Crippen molar-refractivity contribution in [3.8, 4) is 0 Å². The van der Waals surface area contributed by atoms with E-state index in [0.29, 0.717) is 8.19 Å². The number of carbonyl (C=O) groups is 1.